The lowest BCUT2D eigenvalue weighted by Crippen LogP contribution is -2.19. The quantitative estimate of drug-likeness (QED) is 0.505. The molecule has 3 N–H and O–H groups in total. The predicted molar refractivity (Wildman–Crippen MR) is 83.2 cm³/mol. The van der Waals surface area contributed by atoms with Gasteiger partial charge in [-0.1, -0.05) is 35.0 Å². The Balaban J connectivity index is 1.87. The molecule has 2 aromatic carbocycles. The van der Waals surface area contributed by atoms with Gasteiger partial charge in [0.25, 0.3) is 5.91 Å². The highest BCUT2D eigenvalue weighted by Crippen LogP contribution is 2.11. The Hall–Kier alpha value is -2.60. The van der Waals surface area contributed by atoms with Gasteiger partial charge >= 0.3 is 0 Å². The van der Waals surface area contributed by atoms with Crippen LogP contribution < -0.4 is 11.1 Å². The fourth-order valence-electron chi connectivity index (χ4n) is 1.62. The maximum absolute atomic E-state index is 13.0. The number of hydrogen-bond acceptors (Lipinski definition) is 3. The van der Waals surface area contributed by atoms with Crippen LogP contribution in [0.15, 0.2) is 53.7 Å². The minimum absolute atomic E-state index is 0.0982. The number of rotatable bonds is 5. The van der Waals surface area contributed by atoms with Crippen molar-refractivity contribution >= 4 is 29.0 Å². The van der Waals surface area contributed by atoms with Gasteiger partial charge < -0.3 is 15.9 Å². The lowest BCUT2D eigenvalue weighted by Gasteiger charge is -2.05. The van der Waals surface area contributed by atoms with Crippen LogP contribution in [0.1, 0.15) is 5.56 Å². The minimum atomic E-state index is -0.478. The Labute approximate surface area is 131 Å². The van der Waals surface area contributed by atoms with E-state index in [1.165, 1.54) is 18.2 Å². The van der Waals surface area contributed by atoms with E-state index in [4.69, 9.17) is 22.2 Å². The summed E-state index contributed by atoms with van der Waals surface area (Å²) in [5.74, 6) is -0.823. The summed E-state index contributed by atoms with van der Waals surface area (Å²) in [5.41, 5.74) is 6.62. The van der Waals surface area contributed by atoms with Gasteiger partial charge in [-0.15, -0.1) is 0 Å². The number of benzene rings is 2. The maximum atomic E-state index is 13.0. The number of nitrogens with one attached hydrogen (secondary N) is 1. The Bertz CT molecular complexity index is 707. The molecule has 0 aliphatic heterocycles. The summed E-state index contributed by atoms with van der Waals surface area (Å²) in [6, 6.07) is 12.3. The van der Waals surface area contributed by atoms with E-state index in [9.17, 15) is 9.18 Å². The van der Waals surface area contributed by atoms with Crippen molar-refractivity contribution in [1.82, 2.24) is 0 Å². The van der Waals surface area contributed by atoms with Crippen LogP contribution in [-0.4, -0.2) is 18.3 Å². The van der Waals surface area contributed by atoms with Crippen molar-refractivity contribution in [3.8, 4) is 0 Å². The lowest BCUT2D eigenvalue weighted by atomic mass is 10.2. The Kier molecular flexibility index (Phi) is 5.32. The van der Waals surface area contributed by atoms with Crippen LogP contribution in [-0.2, 0) is 9.63 Å². The highest BCUT2D eigenvalue weighted by atomic mass is 35.5. The van der Waals surface area contributed by atoms with E-state index in [-0.39, 0.29) is 12.4 Å². The summed E-state index contributed by atoms with van der Waals surface area (Å²) < 4.78 is 13.0. The normalized spacial score (nSPS) is 11.1. The van der Waals surface area contributed by atoms with E-state index in [1.807, 2.05) is 0 Å². The first kappa shape index (κ1) is 15.8. The van der Waals surface area contributed by atoms with E-state index >= 15 is 0 Å². The molecule has 0 heterocycles. The molecule has 0 radical (unpaired) electrons. The molecule has 0 aliphatic rings. The van der Waals surface area contributed by atoms with Crippen LogP contribution in [0.5, 0.6) is 0 Å². The van der Waals surface area contributed by atoms with Gasteiger partial charge in [0, 0.05) is 16.3 Å². The zero-order valence-corrected chi connectivity index (χ0v) is 12.2. The second-order valence-electron chi connectivity index (χ2n) is 4.32. The third-order valence-corrected chi connectivity index (χ3v) is 2.82. The first-order valence-electron chi connectivity index (χ1n) is 6.31. The topological polar surface area (TPSA) is 76.7 Å². The molecule has 0 aromatic heterocycles. The molecule has 0 fully saturated rings. The number of oxime groups is 1. The standard InChI is InChI=1S/C15H13ClFN3O2/c16-11-4-1-3-10(7-11)15(18)20-22-9-14(21)19-13-6-2-5-12(17)8-13/h1-8H,9H2,(H2,18,20)(H,19,21). The third-order valence-electron chi connectivity index (χ3n) is 2.59. The first-order valence-corrected chi connectivity index (χ1v) is 6.69. The zero-order chi connectivity index (χ0) is 15.9. The predicted octanol–water partition coefficient (Wildman–Crippen LogP) is 2.75. The molecule has 2 rings (SSSR count). The van der Waals surface area contributed by atoms with Gasteiger partial charge in [0.15, 0.2) is 12.4 Å². The van der Waals surface area contributed by atoms with Crippen LogP contribution in [0.2, 0.25) is 5.02 Å². The molecule has 114 valence electrons. The van der Waals surface area contributed by atoms with E-state index in [1.54, 1.807) is 30.3 Å². The zero-order valence-electron chi connectivity index (χ0n) is 11.4. The first-order chi connectivity index (χ1) is 10.5. The summed E-state index contributed by atoms with van der Waals surface area (Å²) in [6.45, 7) is -0.349. The van der Waals surface area contributed by atoms with Crippen molar-refractivity contribution in [1.29, 1.82) is 0 Å². The van der Waals surface area contributed by atoms with Gasteiger partial charge in [0.1, 0.15) is 5.82 Å². The average Bonchev–Trinajstić information content (AvgIpc) is 2.47. The summed E-state index contributed by atoms with van der Waals surface area (Å²) in [4.78, 5) is 16.5. The monoisotopic (exact) mass is 321 g/mol. The highest BCUT2D eigenvalue weighted by Gasteiger charge is 2.05. The molecule has 22 heavy (non-hydrogen) atoms. The summed E-state index contributed by atoms with van der Waals surface area (Å²) in [5, 5.41) is 6.62. The Morgan fingerprint density at radius 3 is 2.77 bits per heavy atom. The van der Waals surface area contributed by atoms with Crippen LogP contribution in [0.25, 0.3) is 0 Å². The second-order valence-corrected chi connectivity index (χ2v) is 4.76. The number of halogens is 2. The molecule has 0 bridgehead atoms. The molecule has 1 amide bonds. The smallest absolute Gasteiger partial charge is 0.265 e. The lowest BCUT2D eigenvalue weighted by molar-refractivity contribution is -0.120. The van der Waals surface area contributed by atoms with E-state index in [2.05, 4.69) is 10.5 Å². The minimum Gasteiger partial charge on any atom is -0.384 e. The maximum Gasteiger partial charge on any atom is 0.265 e. The number of nitrogens with two attached hydrogens (primary N) is 1. The van der Waals surface area contributed by atoms with Gasteiger partial charge in [-0.25, -0.2) is 4.39 Å². The molecular weight excluding hydrogens is 309 g/mol. The van der Waals surface area contributed by atoms with Crippen molar-refractivity contribution in [3.05, 3.63) is 64.9 Å². The van der Waals surface area contributed by atoms with Crippen molar-refractivity contribution in [3.63, 3.8) is 0 Å². The molecule has 5 nitrogen and oxygen atoms in total. The molecular formula is C15H13ClFN3O2. The largest absolute Gasteiger partial charge is 0.384 e. The highest BCUT2D eigenvalue weighted by molar-refractivity contribution is 6.31. The van der Waals surface area contributed by atoms with Crippen LogP contribution >= 0.6 is 11.6 Å². The molecule has 0 aliphatic carbocycles. The molecule has 7 heteroatoms. The number of nitrogens with zero attached hydrogens (tertiary/aromatic N) is 1. The van der Waals surface area contributed by atoms with Crippen LogP contribution in [0.3, 0.4) is 0 Å². The third kappa shape index (κ3) is 4.75. The van der Waals surface area contributed by atoms with Gasteiger partial charge in [-0.3, -0.25) is 4.79 Å². The number of hydrogen-bond donors (Lipinski definition) is 2. The number of anilines is 1. The van der Waals surface area contributed by atoms with Crippen LogP contribution in [0, 0.1) is 5.82 Å². The van der Waals surface area contributed by atoms with E-state index in [0.717, 1.165) is 0 Å². The van der Waals surface area contributed by atoms with Gasteiger partial charge in [-0.05, 0) is 30.3 Å². The molecule has 0 atom stereocenters. The van der Waals surface area contributed by atoms with Crippen LogP contribution in [0.4, 0.5) is 10.1 Å². The Morgan fingerprint density at radius 2 is 2.05 bits per heavy atom. The number of carbonyl (C=O) groups excluding carboxylic acids is 1. The second kappa shape index (κ2) is 7.42. The van der Waals surface area contributed by atoms with Gasteiger partial charge in [0.05, 0.1) is 0 Å². The van der Waals surface area contributed by atoms with Crippen molar-refractivity contribution in [2.45, 2.75) is 0 Å². The molecule has 0 saturated carbocycles. The van der Waals surface area contributed by atoms with Gasteiger partial charge in [0.2, 0.25) is 0 Å². The summed E-state index contributed by atoms with van der Waals surface area (Å²) in [7, 11) is 0. The van der Waals surface area contributed by atoms with Gasteiger partial charge in [-0.2, -0.15) is 0 Å². The number of carbonyl (C=O) groups is 1. The number of amides is 1. The summed E-state index contributed by atoms with van der Waals surface area (Å²) >= 11 is 5.83. The molecule has 0 spiro atoms. The average molecular weight is 322 g/mol. The molecule has 0 unspecified atom stereocenters. The molecule has 2 aromatic rings. The van der Waals surface area contributed by atoms with E-state index in [0.29, 0.717) is 16.3 Å². The fraction of sp³-hybridized carbons (Fsp3) is 0.0667. The van der Waals surface area contributed by atoms with E-state index < -0.39 is 11.7 Å². The SMILES string of the molecule is N/C(=N/OCC(=O)Nc1cccc(F)c1)c1cccc(Cl)c1. The Morgan fingerprint density at radius 1 is 1.27 bits per heavy atom. The fourth-order valence-corrected chi connectivity index (χ4v) is 1.81. The molecule has 0 saturated heterocycles. The summed E-state index contributed by atoms with van der Waals surface area (Å²) in [6.07, 6.45) is 0. The number of amidine groups is 1. The van der Waals surface area contributed by atoms with Crippen molar-refractivity contribution in [2.24, 2.45) is 10.9 Å². The van der Waals surface area contributed by atoms with Crippen molar-refractivity contribution < 1.29 is 14.0 Å². The van der Waals surface area contributed by atoms with Crippen molar-refractivity contribution in [2.75, 3.05) is 11.9 Å².